The number of hydrogen-bond acceptors (Lipinski definition) is 2. The van der Waals surface area contributed by atoms with E-state index in [9.17, 15) is 22.8 Å². The van der Waals surface area contributed by atoms with E-state index in [2.05, 4.69) is 5.32 Å². The van der Waals surface area contributed by atoms with Crippen LogP contribution in [0.4, 0.5) is 18.9 Å². The Balaban J connectivity index is 1.74. The van der Waals surface area contributed by atoms with Gasteiger partial charge in [-0.2, -0.15) is 13.2 Å². The van der Waals surface area contributed by atoms with Crippen molar-refractivity contribution >= 4 is 17.5 Å². The van der Waals surface area contributed by atoms with Crippen LogP contribution in [-0.4, -0.2) is 23.3 Å². The molecule has 0 spiro atoms. The number of anilines is 1. The lowest BCUT2D eigenvalue weighted by molar-refractivity contribution is -0.137. The quantitative estimate of drug-likeness (QED) is 0.882. The highest BCUT2D eigenvalue weighted by molar-refractivity contribution is 6.04. The van der Waals surface area contributed by atoms with Crippen molar-refractivity contribution in [2.24, 2.45) is 0 Å². The molecule has 0 saturated heterocycles. The monoisotopic (exact) mass is 362 g/mol. The molecule has 136 valence electrons. The largest absolute Gasteiger partial charge is 0.416 e. The number of halogens is 3. The third-order valence-electron chi connectivity index (χ3n) is 4.40. The van der Waals surface area contributed by atoms with Crippen LogP contribution < -0.4 is 5.32 Å². The number of alkyl halides is 3. The zero-order valence-electron chi connectivity index (χ0n) is 14.1. The van der Waals surface area contributed by atoms with Crippen molar-refractivity contribution in [1.82, 2.24) is 4.90 Å². The molecule has 2 aromatic rings. The maximum Gasteiger partial charge on any atom is 0.416 e. The predicted octanol–water partition coefficient (Wildman–Crippen LogP) is 3.86. The first-order valence-corrected chi connectivity index (χ1v) is 8.10. The number of carbonyl (C=O) groups is 2. The Bertz CT molecular complexity index is 845. The average molecular weight is 362 g/mol. The first kappa shape index (κ1) is 18.0. The fourth-order valence-corrected chi connectivity index (χ4v) is 2.92. The van der Waals surface area contributed by atoms with Crippen LogP contribution in [-0.2, 0) is 23.9 Å². The molecule has 0 saturated carbocycles. The van der Waals surface area contributed by atoms with Gasteiger partial charge in [-0.25, -0.2) is 0 Å². The van der Waals surface area contributed by atoms with Crippen molar-refractivity contribution in [2.75, 3.05) is 11.9 Å². The van der Waals surface area contributed by atoms with Crippen molar-refractivity contribution in [2.45, 2.75) is 26.1 Å². The number of rotatable bonds is 2. The molecule has 7 heteroatoms. The molecule has 3 rings (SSSR count). The molecule has 1 aliphatic rings. The highest BCUT2D eigenvalue weighted by Crippen LogP contribution is 2.29. The number of nitrogens with zero attached hydrogens (tertiary/aromatic N) is 1. The maximum absolute atomic E-state index is 12.6. The third kappa shape index (κ3) is 3.87. The van der Waals surface area contributed by atoms with Crippen molar-refractivity contribution in [3.8, 4) is 0 Å². The molecule has 0 aromatic heterocycles. The van der Waals surface area contributed by atoms with Gasteiger partial charge in [0.2, 0.25) is 5.91 Å². The van der Waals surface area contributed by atoms with Crippen LogP contribution in [0, 0.1) is 0 Å². The Labute approximate surface area is 148 Å². The Morgan fingerprint density at radius 3 is 2.35 bits per heavy atom. The minimum atomic E-state index is -4.43. The zero-order valence-corrected chi connectivity index (χ0v) is 14.1. The van der Waals surface area contributed by atoms with Gasteiger partial charge in [0.25, 0.3) is 5.91 Å². The van der Waals surface area contributed by atoms with Gasteiger partial charge >= 0.3 is 6.18 Å². The lowest BCUT2D eigenvalue weighted by Gasteiger charge is -2.28. The van der Waals surface area contributed by atoms with Crippen molar-refractivity contribution in [1.29, 1.82) is 0 Å². The smallest absolute Gasteiger partial charge is 0.338 e. The standard InChI is InChI=1S/C19H17F3N2O2/c1-12(25)24-9-8-13-4-7-17(10-15(13)11-24)23-18(26)14-2-5-16(6-3-14)19(20,21)22/h2-7,10H,8-9,11H2,1H3,(H,23,26). The van der Waals surface area contributed by atoms with E-state index in [0.717, 1.165) is 41.8 Å². The average Bonchev–Trinajstić information content (AvgIpc) is 2.60. The summed E-state index contributed by atoms with van der Waals surface area (Å²) in [6.07, 6.45) is -3.68. The van der Waals surface area contributed by atoms with E-state index < -0.39 is 17.6 Å². The van der Waals surface area contributed by atoms with Crippen LogP contribution >= 0.6 is 0 Å². The molecule has 1 heterocycles. The summed E-state index contributed by atoms with van der Waals surface area (Å²) in [5.74, 6) is -0.493. The van der Waals surface area contributed by atoms with Gasteiger partial charge < -0.3 is 10.2 Å². The highest BCUT2D eigenvalue weighted by Gasteiger charge is 2.30. The summed E-state index contributed by atoms with van der Waals surface area (Å²) < 4.78 is 37.8. The van der Waals surface area contributed by atoms with Gasteiger partial charge in [0.1, 0.15) is 0 Å². The van der Waals surface area contributed by atoms with Crippen LogP contribution in [0.1, 0.15) is 34.0 Å². The van der Waals surface area contributed by atoms with E-state index in [1.807, 2.05) is 6.07 Å². The van der Waals surface area contributed by atoms with E-state index in [4.69, 9.17) is 0 Å². The number of benzene rings is 2. The topological polar surface area (TPSA) is 49.4 Å². The van der Waals surface area contributed by atoms with Crippen molar-refractivity contribution in [3.63, 3.8) is 0 Å². The van der Waals surface area contributed by atoms with Gasteiger partial charge in [-0.15, -0.1) is 0 Å². The summed E-state index contributed by atoms with van der Waals surface area (Å²) in [6.45, 7) is 2.66. The number of carbonyl (C=O) groups excluding carboxylic acids is 2. The van der Waals surface area contributed by atoms with Crippen LogP contribution in [0.5, 0.6) is 0 Å². The maximum atomic E-state index is 12.6. The van der Waals surface area contributed by atoms with E-state index >= 15 is 0 Å². The number of amides is 2. The molecule has 1 N–H and O–H groups in total. The molecule has 2 aromatic carbocycles. The molecule has 0 radical (unpaired) electrons. The van der Waals surface area contributed by atoms with Crippen LogP contribution in [0.2, 0.25) is 0 Å². The number of nitrogens with one attached hydrogen (secondary N) is 1. The number of hydrogen-bond donors (Lipinski definition) is 1. The molecular formula is C19H17F3N2O2. The van der Waals surface area contributed by atoms with E-state index in [1.54, 1.807) is 17.0 Å². The van der Waals surface area contributed by atoms with Crippen molar-refractivity contribution < 1.29 is 22.8 Å². The molecule has 4 nitrogen and oxygen atoms in total. The highest BCUT2D eigenvalue weighted by atomic mass is 19.4. The lowest BCUT2D eigenvalue weighted by atomic mass is 9.99. The van der Waals surface area contributed by atoms with Gasteiger partial charge in [-0.05, 0) is 53.9 Å². The lowest BCUT2D eigenvalue weighted by Crippen LogP contribution is -2.34. The van der Waals surface area contributed by atoms with Crippen LogP contribution in [0.15, 0.2) is 42.5 Å². The Kier molecular flexibility index (Phi) is 4.71. The van der Waals surface area contributed by atoms with Crippen LogP contribution in [0.25, 0.3) is 0 Å². The van der Waals surface area contributed by atoms with Crippen LogP contribution in [0.3, 0.4) is 0 Å². The fourth-order valence-electron chi connectivity index (χ4n) is 2.92. The summed E-state index contributed by atoms with van der Waals surface area (Å²) in [5.41, 5.74) is 1.96. The molecule has 0 fully saturated rings. The first-order chi connectivity index (χ1) is 12.2. The summed E-state index contributed by atoms with van der Waals surface area (Å²) in [6, 6.07) is 9.51. The van der Waals surface area contributed by atoms with Crippen molar-refractivity contribution in [3.05, 3.63) is 64.7 Å². The molecule has 0 aliphatic carbocycles. The fraction of sp³-hybridized carbons (Fsp3) is 0.263. The molecule has 2 amide bonds. The normalized spacial score (nSPS) is 13.9. The molecular weight excluding hydrogens is 345 g/mol. The van der Waals surface area contributed by atoms with Gasteiger partial charge in [0.15, 0.2) is 0 Å². The van der Waals surface area contributed by atoms with Gasteiger partial charge in [0.05, 0.1) is 5.56 Å². The molecule has 0 bridgehead atoms. The summed E-state index contributed by atoms with van der Waals surface area (Å²) in [5, 5.41) is 2.69. The SMILES string of the molecule is CC(=O)N1CCc2ccc(NC(=O)c3ccc(C(F)(F)F)cc3)cc2C1. The zero-order chi connectivity index (χ0) is 18.9. The summed E-state index contributed by atoms with van der Waals surface area (Å²) in [4.78, 5) is 25.5. The minimum Gasteiger partial charge on any atom is -0.338 e. The Morgan fingerprint density at radius 2 is 1.73 bits per heavy atom. The third-order valence-corrected chi connectivity index (χ3v) is 4.40. The first-order valence-electron chi connectivity index (χ1n) is 8.10. The Morgan fingerprint density at radius 1 is 1.04 bits per heavy atom. The molecule has 1 aliphatic heterocycles. The van der Waals surface area contributed by atoms with Gasteiger partial charge in [0, 0.05) is 31.3 Å². The second kappa shape index (κ2) is 6.82. The van der Waals surface area contributed by atoms with Gasteiger partial charge in [-0.1, -0.05) is 6.07 Å². The van der Waals surface area contributed by atoms with Gasteiger partial charge in [-0.3, -0.25) is 9.59 Å². The van der Waals surface area contributed by atoms with E-state index in [-0.39, 0.29) is 11.5 Å². The minimum absolute atomic E-state index is 0.00477. The molecule has 0 atom stereocenters. The van der Waals surface area contributed by atoms with E-state index in [1.165, 1.54) is 6.92 Å². The number of fused-ring (bicyclic) bond motifs is 1. The second-order valence-electron chi connectivity index (χ2n) is 6.20. The Hall–Kier alpha value is -2.83. The second-order valence-corrected chi connectivity index (χ2v) is 6.20. The molecule has 26 heavy (non-hydrogen) atoms. The summed E-state index contributed by atoms with van der Waals surface area (Å²) >= 11 is 0. The molecule has 0 unspecified atom stereocenters. The van der Waals surface area contributed by atoms with E-state index in [0.29, 0.717) is 18.8 Å². The predicted molar refractivity (Wildman–Crippen MR) is 90.6 cm³/mol. The summed E-state index contributed by atoms with van der Waals surface area (Å²) in [7, 11) is 0.